The molecule has 4 heteroatoms. The van der Waals surface area contributed by atoms with E-state index < -0.39 is 0 Å². The summed E-state index contributed by atoms with van der Waals surface area (Å²) in [5, 5.41) is 0. The van der Waals surface area contributed by atoms with Gasteiger partial charge in [-0.1, -0.05) is 30.3 Å². The van der Waals surface area contributed by atoms with E-state index in [-0.39, 0.29) is 11.7 Å². The summed E-state index contributed by atoms with van der Waals surface area (Å²) in [6, 6.07) is 14.5. The van der Waals surface area contributed by atoms with Crippen molar-refractivity contribution in [3.05, 3.63) is 71.6 Å². The van der Waals surface area contributed by atoms with Crippen LogP contribution in [0.4, 0.5) is 10.1 Å². The number of halogens is 1. The van der Waals surface area contributed by atoms with Crippen molar-refractivity contribution >= 4 is 17.7 Å². The standard InChI is InChI=1S/C22H25FN2O/c1-24(22(26)13-12-18-8-7-10-20(23)16-18)17-19-9-3-4-11-21(19)25-14-5-2-6-15-25/h3-4,7-13,16H,2,5-6,14-15,17H2,1H3. The highest BCUT2D eigenvalue weighted by Crippen LogP contribution is 2.25. The zero-order valence-electron chi connectivity index (χ0n) is 15.2. The summed E-state index contributed by atoms with van der Waals surface area (Å²) >= 11 is 0. The number of benzene rings is 2. The van der Waals surface area contributed by atoms with Gasteiger partial charge in [0.15, 0.2) is 0 Å². The Morgan fingerprint density at radius 2 is 1.88 bits per heavy atom. The van der Waals surface area contributed by atoms with E-state index in [4.69, 9.17) is 0 Å². The van der Waals surface area contributed by atoms with Crippen molar-refractivity contribution in [1.82, 2.24) is 4.90 Å². The molecule has 0 unspecified atom stereocenters. The second kappa shape index (κ2) is 8.65. The molecule has 3 rings (SSSR count). The van der Waals surface area contributed by atoms with Crippen molar-refractivity contribution in [2.75, 3.05) is 25.0 Å². The Morgan fingerprint density at radius 3 is 2.65 bits per heavy atom. The maximum absolute atomic E-state index is 13.2. The lowest BCUT2D eigenvalue weighted by atomic mass is 10.1. The smallest absolute Gasteiger partial charge is 0.246 e. The van der Waals surface area contributed by atoms with Crippen LogP contribution in [0.1, 0.15) is 30.4 Å². The molecule has 0 aliphatic carbocycles. The fraction of sp³-hybridized carbons (Fsp3) is 0.318. The van der Waals surface area contributed by atoms with Gasteiger partial charge >= 0.3 is 0 Å². The fourth-order valence-electron chi connectivity index (χ4n) is 3.33. The zero-order valence-corrected chi connectivity index (χ0v) is 15.2. The lowest BCUT2D eigenvalue weighted by Crippen LogP contribution is -2.31. The average Bonchev–Trinajstić information content (AvgIpc) is 2.67. The third kappa shape index (κ3) is 4.72. The maximum atomic E-state index is 13.2. The number of rotatable bonds is 5. The first kappa shape index (κ1) is 18.2. The molecule has 0 bridgehead atoms. The molecule has 0 spiro atoms. The summed E-state index contributed by atoms with van der Waals surface area (Å²) in [6.07, 6.45) is 6.89. The highest BCUT2D eigenvalue weighted by molar-refractivity contribution is 5.91. The summed E-state index contributed by atoms with van der Waals surface area (Å²) in [5.41, 5.74) is 3.06. The molecule has 0 saturated carbocycles. The summed E-state index contributed by atoms with van der Waals surface area (Å²) in [7, 11) is 1.80. The molecule has 1 amide bonds. The van der Waals surface area contributed by atoms with Gasteiger partial charge in [-0.25, -0.2) is 4.39 Å². The van der Waals surface area contributed by atoms with Crippen LogP contribution in [0, 0.1) is 5.82 Å². The molecule has 2 aromatic carbocycles. The number of amides is 1. The van der Waals surface area contributed by atoms with Gasteiger partial charge in [-0.2, -0.15) is 0 Å². The molecule has 136 valence electrons. The average molecular weight is 352 g/mol. The third-order valence-corrected chi connectivity index (χ3v) is 4.74. The molecule has 3 nitrogen and oxygen atoms in total. The van der Waals surface area contributed by atoms with Crippen molar-refractivity contribution in [3.8, 4) is 0 Å². The number of carbonyl (C=O) groups excluding carboxylic acids is 1. The predicted molar refractivity (Wildman–Crippen MR) is 104 cm³/mol. The summed E-state index contributed by atoms with van der Waals surface area (Å²) in [4.78, 5) is 16.5. The van der Waals surface area contributed by atoms with Crippen LogP contribution in [0.3, 0.4) is 0 Å². The number of hydrogen-bond acceptors (Lipinski definition) is 2. The number of piperidine rings is 1. The highest BCUT2D eigenvalue weighted by atomic mass is 19.1. The molecular weight excluding hydrogens is 327 g/mol. The van der Waals surface area contributed by atoms with Gasteiger partial charge in [0.1, 0.15) is 5.82 Å². The summed E-state index contributed by atoms with van der Waals surface area (Å²) in [6.45, 7) is 2.71. The van der Waals surface area contributed by atoms with Crippen molar-refractivity contribution < 1.29 is 9.18 Å². The Morgan fingerprint density at radius 1 is 1.12 bits per heavy atom. The largest absolute Gasteiger partial charge is 0.371 e. The molecule has 0 aromatic heterocycles. The van der Waals surface area contributed by atoms with Crippen LogP contribution >= 0.6 is 0 Å². The molecular formula is C22H25FN2O. The van der Waals surface area contributed by atoms with E-state index in [0.717, 1.165) is 18.7 Å². The molecule has 2 aromatic rings. The van der Waals surface area contributed by atoms with Crippen molar-refractivity contribution in [3.63, 3.8) is 0 Å². The quantitative estimate of drug-likeness (QED) is 0.741. The van der Waals surface area contributed by atoms with Crippen LogP contribution in [0.15, 0.2) is 54.6 Å². The van der Waals surface area contributed by atoms with Gasteiger partial charge in [0.25, 0.3) is 0 Å². The number of para-hydroxylation sites is 1. The third-order valence-electron chi connectivity index (χ3n) is 4.74. The molecule has 26 heavy (non-hydrogen) atoms. The number of hydrogen-bond donors (Lipinski definition) is 0. The van der Waals surface area contributed by atoms with Crippen LogP contribution in [0.25, 0.3) is 6.08 Å². The van der Waals surface area contributed by atoms with E-state index in [0.29, 0.717) is 12.1 Å². The van der Waals surface area contributed by atoms with Crippen molar-refractivity contribution in [1.29, 1.82) is 0 Å². The van der Waals surface area contributed by atoms with E-state index in [1.54, 1.807) is 30.2 Å². The Bertz CT molecular complexity index is 781. The Labute approximate surface area is 154 Å². The van der Waals surface area contributed by atoms with Crippen LogP contribution in [0.2, 0.25) is 0 Å². The minimum atomic E-state index is -0.302. The monoisotopic (exact) mass is 352 g/mol. The van der Waals surface area contributed by atoms with Crippen molar-refractivity contribution in [2.24, 2.45) is 0 Å². The number of likely N-dealkylation sites (N-methyl/N-ethyl adjacent to an activating group) is 1. The SMILES string of the molecule is CN(Cc1ccccc1N1CCCCC1)C(=O)C=Cc1cccc(F)c1. The predicted octanol–water partition coefficient (Wildman–Crippen LogP) is 4.49. The molecule has 0 radical (unpaired) electrons. The Kier molecular flexibility index (Phi) is 6.05. The van der Waals surface area contributed by atoms with Crippen LogP contribution in [-0.4, -0.2) is 30.9 Å². The van der Waals surface area contributed by atoms with E-state index in [2.05, 4.69) is 23.1 Å². The number of anilines is 1. The van der Waals surface area contributed by atoms with Crippen molar-refractivity contribution in [2.45, 2.75) is 25.8 Å². The maximum Gasteiger partial charge on any atom is 0.246 e. The van der Waals surface area contributed by atoms with Gasteiger partial charge in [0.2, 0.25) is 5.91 Å². The molecule has 1 aliphatic heterocycles. The van der Waals surface area contributed by atoms with Gasteiger partial charge in [-0.15, -0.1) is 0 Å². The Balaban J connectivity index is 1.67. The molecule has 1 heterocycles. The zero-order chi connectivity index (χ0) is 18.4. The second-order valence-electron chi connectivity index (χ2n) is 6.76. The summed E-state index contributed by atoms with van der Waals surface area (Å²) in [5.74, 6) is -0.397. The van der Waals surface area contributed by atoms with E-state index in [1.165, 1.54) is 43.2 Å². The number of carbonyl (C=O) groups is 1. The van der Waals surface area contributed by atoms with E-state index in [9.17, 15) is 9.18 Å². The molecule has 0 N–H and O–H groups in total. The van der Waals surface area contributed by atoms with Crippen LogP contribution < -0.4 is 4.90 Å². The lowest BCUT2D eigenvalue weighted by Gasteiger charge is -2.31. The first-order valence-corrected chi connectivity index (χ1v) is 9.15. The van der Waals surface area contributed by atoms with Gasteiger partial charge in [-0.05, 0) is 54.7 Å². The molecule has 1 saturated heterocycles. The minimum Gasteiger partial charge on any atom is -0.371 e. The Hall–Kier alpha value is -2.62. The topological polar surface area (TPSA) is 23.6 Å². The van der Waals surface area contributed by atoms with E-state index in [1.807, 2.05) is 6.07 Å². The first-order chi connectivity index (χ1) is 12.6. The highest BCUT2D eigenvalue weighted by Gasteiger charge is 2.16. The van der Waals surface area contributed by atoms with Crippen LogP contribution in [0.5, 0.6) is 0 Å². The fourth-order valence-corrected chi connectivity index (χ4v) is 3.33. The number of nitrogens with zero attached hydrogens (tertiary/aromatic N) is 2. The van der Waals surface area contributed by atoms with E-state index >= 15 is 0 Å². The molecule has 0 atom stereocenters. The molecule has 1 aliphatic rings. The second-order valence-corrected chi connectivity index (χ2v) is 6.76. The minimum absolute atomic E-state index is 0.0947. The van der Waals surface area contributed by atoms with Gasteiger partial charge in [0, 0.05) is 38.4 Å². The van der Waals surface area contributed by atoms with Gasteiger partial charge in [0.05, 0.1) is 0 Å². The normalized spacial score (nSPS) is 14.6. The van der Waals surface area contributed by atoms with Gasteiger partial charge < -0.3 is 9.80 Å². The van der Waals surface area contributed by atoms with Crippen LogP contribution in [-0.2, 0) is 11.3 Å². The van der Waals surface area contributed by atoms with Gasteiger partial charge in [-0.3, -0.25) is 4.79 Å². The summed E-state index contributed by atoms with van der Waals surface area (Å²) < 4.78 is 13.2. The molecule has 1 fully saturated rings. The first-order valence-electron chi connectivity index (χ1n) is 9.15. The lowest BCUT2D eigenvalue weighted by molar-refractivity contribution is -0.125.